The van der Waals surface area contributed by atoms with Crippen LogP contribution >= 0.6 is 0 Å². The molecule has 0 spiro atoms. The van der Waals surface area contributed by atoms with Gasteiger partial charge in [0.05, 0.1) is 17.3 Å². The minimum atomic E-state index is -1.13. The number of aromatic carboxylic acids is 1. The molecule has 0 fully saturated rings. The predicted molar refractivity (Wildman–Crippen MR) is 63.0 cm³/mol. The first-order valence-electron chi connectivity index (χ1n) is 5.39. The van der Waals surface area contributed by atoms with E-state index in [4.69, 9.17) is 14.8 Å². The van der Waals surface area contributed by atoms with Gasteiger partial charge >= 0.3 is 5.97 Å². The van der Waals surface area contributed by atoms with Crippen LogP contribution < -0.4 is 0 Å². The van der Waals surface area contributed by atoms with Gasteiger partial charge in [0.2, 0.25) is 11.7 Å². The van der Waals surface area contributed by atoms with Gasteiger partial charge in [0, 0.05) is 5.56 Å². The fraction of sp³-hybridized carbons (Fsp3) is 0.154. The standard InChI is InChI=1S/C13H10N2O3/c1-2-10-11(13(16)17)18-12(15-10)9-5-3-8(7-14)4-6-9/h3-6H,2H2,1H3,(H,16,17). The Bertz CT molecular complexity index is 621. The molecule has 5 heteroatoms. The zero-order chi connectivity index (χ0) is 13.1. The van der Waals surface area contributed by atoms with Gasteiger partial charge in [-0.05, 0) is 30.7 Å². The summed E-state index contributed by atoms with van der Waals surface area (Å²) in [5.74, 6) is -0.996. The molecule has 2 rings (SSSR count). The molecule has 0 unspecified atom stereocenters. The molecule has 0 bridgehead atoms. The average Bonchev–Trinajstić information content (AvgIpc) is 2.83. The summed E-state index contributed by atoms with van der Waals surface area (Å²) in [5, 5.41) is 17.7. The zero-order valence-corrected chi connectivity index (χ0v) is 9.67. The maximum Gasteiger partial charge on any atom is 0.373 e. The number of oxazole rings is 1. The topological polar surface area (TPSA) is 87.1 Å². The summed E-state index contributed by atoms with van der Waals surface area (Å²) in [6, 6.07) is 8.62. The third-order valence-electron chi connectivity index (χ3n) is 2.49. The number of aryl methyl sites for hydroxylation is 1. The lowest BCUT2D eigenvalue weighted by atomic mass is 10.1. The molecule has 1 aromatic carbocycles. The summed E-state index contributed by atoms with van der Waals surface area (Å²) in [6.45, 7) is 1.81. The molecule has 1 heterocycles. The van der Waals surface area contributed by atoms with E-state index in [2.05, 4.69) is 4.98 Å². The van der Waals surface area contributed by atoms with Crippen molar-refractivity contribution >= 4 is 5.97 Å². The van der Waals surface area contributed by atoms with Crippen LogP contribution in [-0.2, 0) is 6.42 Å². The summed E-state index contributed by atoms with van der Waals surface area (Å²) < 4.78 is 5.23. The van der Waals surface area contributed by atoms with Gasteiger partial charge in [0.25, 0.3) is 0 Å². The Balaban J connectivity index is 2.44. The number of aromatic nitrogens is 1. The molecule has 18 heavy (non-hydrogen) atoms. The zero-order valence-electron chi connectivity index (χ0n) is 9.67. The fourth-order valence-corrected chi connectivity index (χ4v) is 1.57. The second-order valence-electron chi connectivity index (χ2n) is 3.64. The Kier molecular flexibility index (Phi) is 3.11. The highest BCUT2D eigenvalue weighted by atomic mass is 16.4. The lowest BCUT2D eigenvalue weighted by Gasteiger charge is -1.94. The molecule has 0 aliphatic carbocycles. The van der Waals surface area contributed by atoms with E-state index in [1.165, 1.54) is 0 Å². The summed E-state index contributed by atoms with van der Waals surface area (Å²) in [6.07, 6.45) is 0.488. The predicted octanol–water partition coefficient (Wildman–Crippen LogP) is 2.47. The van der Waals surface area contributed by atoms with Crippen LogP contribution in [-0.4, -0.2) is 16.1 Å². The van der Waals surface area contributed by atoms with Gasteiger partial charge in [0.1, 0.15) is 0 Å². The van der Waals surface area contributed by atoms with Crippen molar-refractivity contribution in [3.05, 3.63) is 41.3 Å². The van der Waals surface area contributed by atoms with Crippen molar-refractivity contribution < 1.29 is 14.3 Å². The number of hydrogen-bond donors (Lipinski definition) is 1. The number of carbonyl (C=O) groups is 1. The Hall–Kier alpha value is -2.61. The van der Waals surface area contributed by atoms with Crippen molar-refractivity contribution in [2.45, 2.75) is 13.3 Å². The van der Waals surface area contributed by atoms with Gasteiger partial charge in [-0.1, -0.05) is 6.92 Å². The number of nitrogens with zero attached hydrogens (tertiary/aromatic N) is 2. The van der Waals surface area contributed by atoms with Crippen molar-refractivity contribution in [2.75, 3.05) is 0 Å². The SMILES string of the molecule is CCc1nc(-c2ccc(C#N)cc2)oc1C(=O)O. The Labute approximate surface area is 103 Å². The van der Waals surface area contributed by atoms with E-state index in [-0.39, 0.29) is 11.7 Å². The van der Waals surface area contributed by atoms with Gasteiger partial charge in [-0.15, -0.1) is 0 Å². The molecule has 90 valence electrons. The maximum atomic E-state index is 10.9. The molecule has 1 N–H and O–H groups in total. The molecule has 0 aliphatic heterocycles. The summed E-state index contributed by atoms with van der Waals surface area (Å²) in [7, 11) is 0. The Morgan fingerprint density at radius 1 is 1.44 bits per heavy atom. The van der Waals surface area contributed by atoms with Crippen LogP contribution in [0.25, 0.3) is 11.5 Å². The van der Waals surface area contributed by atoms with E-state index in [1.807, 2.05) is 13.0 Å². The molecular formula is C13H10N2O3. The smallest absolute Gasteiger partial charge is 0.373 e. The molecule has 0 saturated heterocycles. The van der Waals surface area contributed by atoms with Crippen LogP contribution in [0, 0.1) is 11.3 Å². The monoisotopic (exact) mass is 242 g/mol. The first kappa shape index (κ1) is 11.9. The van der Waals surface area contributed by atoms with Crippen molar-refractivity contribution in [3.8, 4) is 17.5 Å². The second kappa shape index (κ2) is 4.72. The first-order chi connectivity index (χ1) is 8.65. The van der Waals surface area contributed by atoms with E-state index in [1.54, 1.807) is 24.3 Å². The van der Waals surface area contributed by atoms with E-state index in [0.29, 0.717) is 23.2 Å². The van der Waals surface area contributed by atoms with E-state index in [0.717, 1.165) is 0 Å². The average molecular weight is 242 g/mol. The number of benzene rings is 1. The van der Waals surface area contributed by atoms with Crippen molar-refractivity contribution in [3.63, 3.8) is 0 Å². The minimum Gasteiger partial charge on any atom is -0.475 e. The van der Waals surface area contributed by atoms with Crippen LogP contribution in [0.5, 0.6) is 0 Å². The highest BCUT2D eigenvalue weighted by Gasteiger charge is 2.18. The van der Waals surface area contributed by atoms with Gasteiger partial charge in [-0.2, -0.15) is 5.26 Å². The molecule has 2 aromatic rings. The van der Waals surface area contributed by atoms with Crippen LogP contribution in [0.15, 0.2) is 28.7 Å². The number of carboxylic acids is 1. The minimum absolute atomic E-state index is 0.128. The Morgan fingerprint density at radius 3 is 2.56 bits per heavy atom. The quantitative estimate of drug-likeness (QED) is 0.893. The van der Waals surface area contributed by atoms with Crippen LogP contribution in [0.1, 0.15) is 28.7 Å². The Morgan fingerprint density at radius 2 is 2.11 bits per heavy atom. The normalized spacial score (nSPS) is 10.0. The lowest BCUT2D eigenvalue weighted by Crippen LogP contribution is -1.98. The van der Waals surface area contributed by atoms with Gasteiger partial charge in [-0.3, -0.25) is 0 Å². The summed E-state index contributed by atoms with van der Waals surface area (Å²) >= 11 is 0. The molecule has 1 aromatic heterocycles. The van der Waals surface area contributed by atoms with Gasteiger partial charge in [-0.25, -0.2) is 9.78 Å². The van der Waals surface area contributed by atoms with Crippen LogP contribution in [0.2, 0.25) is 0 Å². The molecule has 0 aliphatic rings. The molecule has 0 radical (unpaired) electrons. The number of nitriles is 1. The third kappa shape index (κ3) is 2.09. The molecule has 0 amide bonds. The number of carboxylic acid groups (broad SMARTS) is 1. The number of hydrogen-bond acceptors (Lipinski definition) is 4. The van der Waals surface area contributed by atoms with E-state index in [9.17, 15) is 4.79 Å². The molecule has 0 atom stereocenters. The molecule has 0 saturated carbocycles. The van der Waals surface area contributed by atoms with Gasteiger partial charge in [0.15, 0.2) is 0 Å². The second-order valence-corrected chi connectivity index (χ2v) is 3.64. The highest BCUT2D eigenvalue weighted by Crippen LogP contribution is 2.22. The summed E-state index contributed by atoms with van der Waals surface area (Å²) in [5.41, 5.74) is 1.59. The van der Waals surface area contributed by atoms with Crippen molar-refractivity contribution in [1.29, 1.82) is 5.26 Å². The largest absolute Gasteiger partial charge is 0.475 e. The molecule has 5 nitrogen and oxygen atoms in total. The first-order valence-corrected chi connectivity index (χ1v) is 5.39. The number of rotatable bonds is 3. The third-order valence-corrected chi connectivity index (χ3v) is 2.49. The van der Waals surface area contributed by atoms with Crippen molar-refractivity contribution in [1.82, 2.24) is 4.98 Å². The molecular weight excluding hydrogens is 232 g/mol. The lowest BCUT2D eigenvalue weighted by molar-refractivity contribution is 0.0662. The highest BCUT2D eigenvalue weighted by molar-refractivity contribution is 5.86. The summed E-state index contributed by atoms with van der Waals surface area (Å²) in [4.78, 5) is 15.1. The fourth-order valence-electron chi connectivity index (χ4n) is 1.57. The van der Waals surface area contributed by atoms with Crippen LogP contribution in [0.4, 0.5) is 0 Å². The van der Waals surface area contributed by atoms with E-state index < -0.39 is 5.97 Å². The van der Waals surface area contributed by atoms with Crippen molar-refractivity contribution in [2.24, 2.45) is 0 Å². The van der Waals surface area contributed by atoms with E-state index >= 15 is 0 Å². The van der Waals surface area contributed by atoms with Gasteiger partial charge < -0.3 is 9.52 Å². The maximum absolute atomic E-state index is 10.9. The van der Waals surface area contributed by atoms with Crippen LogP contribution in [0.3, 0.4) is 0 Å².